The molecule has 0 aliphatic carbocycles. The fraction of sp³-hybridized carbons (Fsp3) is 1.00. The van der Waals surface area contributed by atoms with Crippen LogP contribution in [0.5, 0.6) is 0 Å². The van der Waals surface area contributed by atoms with E-state index in [0.717, 1.165) is 19.3 Å². The number of hydrogen-bond acceptors (Lipinski definition) is 4. The van der Waals surface area contributed by atoms with Crippen LogP contribution in [-0.2, 0) is 14.8 Å². The highest BCUT2D eigenvalue weighted by Crippen LogP contribution is 2.31. The van der Waals surface area contributed by atoms with E-state index in [0.29, 0.717) is 26.2 Å². The third-order valence-electron chi connectivity index (χ3n) is 3.83. The molecule has 2 N–H and O–H groups in total. The van der Waals surface area contributed by atoms with Gasteiger partial charge in [-0.15, -0.1) is 0 Å². The van der Waals surface area contributed by atoms with Crippen molar-refractivity contribution in [3.8, 4) is 0 Å². The van der Waals surface area contributed by atoms with Crippen molar-refractivity contribution in [1.29, 1.82) is 0 Å². The van der Waals surface area contributed by atoms with Gasteiger partial charge in [0.05, 0.1) is 11.9 Å². The standard InChI is InChI=1S/C11H22N2O3S/c1-11(8-12)4-5-13(9-11)17(14,15)7-10-3-2-6-16-10/h10H,2-9,12H2,1H3. The third kappa shape index (κ3) is 2.99. The summed E-state index contributed by atoms with van der Waals surface area (Å²) in [5.41, 5.74) is 5.64. The lowest BCUT2D eigenvalue weighted by Gasteiger charge is -2.23. The Morgan fingerprint density at radius 1 is 1.53 bits per heavy atom. The van der Waals surface area contributed by atoms with Crippen molar-refractivity contribution in [3.63, 3.8) is 0 Å². The second kappa shape index (κ2) is 4.84. The lowest BCUT2D eigenvalue weighted by Crippen LogP contribution is -2.38. The number of hydrogen-bond donors (Lipinski definition) is 1. The maximum atomic E-state index is 12.2. The van der Waals surface area contributed by atoms with E-state index in [1.165, 1.54) is 0 Å². The Morgan fingerprint density at radius 2 is 2.29 bits per heavy atom. The minimum Gasteiger partial charge on any atom is -0.377 e. The summed E-state index contributed by atoms with van der Waals surface area (Å²) in [5.74, 6) is 0.133. The average Bonchev–Trinajstić information content (AvgIpc) is 2.88. The SMILES string of the molecule is CC1(CN)CCN(S(=O)(=O)CC2CCCO2)C1. The van der Waals surface area contributed by atoms with E-state index in [-0.39, 0.29) is 17.3 Å². The highest BCUT2D eigenvalue weighted by molar-refractivity contribution is 7.89. The van der Waals surface area contributed by atoms with Crippen LogP contribution in [0.2, 0.25) is 0 Å². The number of sulfonamides is 1. The molecule has 17 heavy (non-hydrogen) atoms. The first-order valence-electron chi connectivity index (χ1n) is 6.25. The lowest BCUT2D eigenvalue weighted by atomic mass is 9.90. The predicted molar refractivity (Wildman–Crippen MR) is 66.1 cm³/mol. The smallest absolute Gasteiger partial charge is 0.216 e. The second-order valence-electron chi connectivity index (χ2n) is 5.51. The van der Waals surface area contributed by atoms with Gasteiger partial charge < -0.3 is 10.5 Å². The molecule has 2 rings (SSSR count). The van der Waals surface area contributed by atoms with Crippen LogP contribution in [0.25, 0.3) is 0 Å². The van der Waals surface area contributed by atoms with E-state index in [4.69, 9.17) is 10.5 Å². The molecule has 5 nitrogen and oxygen atoms in total. The molecule has 2 heterocycles. The summed E-state index contributed by atoms with van der Waals surface area (Å²) in [7, 11) is -3.17. The maximum absolute atomic E-state index is 12.2. The van der Waals surface area contributed by atoms with Gasteiger partial charge >= 0.3 is 0 Å². The van der Waals surface area contributed by atoms with Gasteiger partial charge in [0, 0.05) is 19.7 Å². The van der Waals surface area contributed by atoms with E-state index in [2.05, 4.69) is 6.92 Å². The van der Waals surface area contributed by atoms with Crippen LogP contribution in [0.3, 0.4) is 0 Å². The number of nitrogens with two attached hydrogens (primary N) is 1. The summed E-state index contributed by atoms with van der Waals surface area (Å²) >= 11 is 0. The zero-order valence-electron chi connectivity index (χ0n) is 10.4. The Labute approximate surface area is 103 Å². The van der Waals surface area contributed by atoms with Crippen molar-refractivity contribution in [2.24, 2.45) is 11.1 Å². The van der Waals surface area contributed by atoms with E-state index in [1.54, 1.807) is 4.31 Å². The van der Waals surface area contributed by atoms with E-state index in [1.807, 2.05) is 0 Å². The van der Waals surface area contributed by atoms with Crippen LogP contribution in [-0.4, -0.2) is 50.8 Å². The Hall–Kier alpha value is -0.170. The molecule has 0 spiro atoms. The second-order valence-corrected chi connectivity index (χ2v) is 7.53. The largest absolute Gasteiger partial charge is 0.377 e. The summed E-state index contributed by atoms with van der Waals surface area (Å²) in [6.07, 6.45) is 2.58. The normalized spacial score (nSPS) is 35.5. The minimum atomic E-state index is -3.17. The zero-order valence-corrected chi connectivity index (χ0v) is 11.2. The highest BCUT2D eigenvalue weighted by Gasteiger charge is 2.39. The van der Waals surface area contributed by atoms with Gasteiger partial charge in [-0.05, 0) is 31.2 Å². The Kier molecular flexibility index (Phi) is 3.77. The summed E-state index contributed by atoms with van der Waals surface area (Å²) in [5, 5.41) is 0. The Morgan fingerprint density at radius 3 is 2.82 bits per heavy atom. The van der Waals surface area contributed by atoms with Crippen molar-refractivity contribution < 1.29 is 13.2 Å². The van der Waals surface area contributed by atoms with Crippen molar-refractivity contribution in [3.05, 3.63) is 0 Å². The van der Waals surface area contributed by atoms with Gasteiger partial charge in [-0.1, -0.05) is 6.92 Å². The van der Waals surface area contributed by atoms with Gasteiger partial charge in [0.25, 0.3) is 0 Å². The fourth-order valence-electron chi connectivity index (χ4n) is 2.50. The number of ether oxygens (including phenoxy) is 1. The molecule has 0 aromatic carbocycles. The van der Waals surface area contributed by atoms with Crippen molar-refractivity contribution in [2.75, 3.05) is 32.0 Å². The summed E-state index contributed by atoms with van der Waals surface area (Å²) in [4.78, 5) is 0. The molecule has 2 aliphatic rings. The maximum Gasteiger partial charge on any atom is 0.216 e. The Bertz CT molecular complexity index is 365. The topological polar surface area (TPSA) is 72.6 Å². The van der Waals surface area contributed by atoms with Gasteiger partial charge in [-0.25, -0.2) is 12.7 Å². The molecule has 0 aromatic rings. The van der Waals surface area contributed by atoms with Crippen molar-refractivity contribution in [1.82, 2.24) is 4.31 Å². The molecule has 0 radical (unpaired) electrons. The first-order valence-corrected chi connectivity index (χ1v) is 7.86. The highest BCUT2D eigenvalue weighted by atomic mass is 32.2. The summed E-state index contributed by atoms with van der Waals surface area (Å²) in [6, 6.07) is 0. The summed E-state index contributed by atoms with van der Waals surface area (Å²) in [6.45, 7) is 4.44. The summed E-state index contributed by atoms with van der Waals surface area (Å²) < 4.78 is 31.4. The molecule has 0 bridgehead atoms. The van der Waals surface area contributed by atoms with Crippen LogP contribution in [0, 0.1) is 5.41 Å². The molecule has 2 atom stereocenters. The molecule has 2 unspecified atom stereocenters. The monoisotopic (exact) mass is 262 g/mol. The zero-order chi connectivity index (χ0) is 12.5. The van der Waals surface area contributed by atoms with E-state index >= 15 is 0 Å². The number of nitrogens with zero attached hydrogens (tertiary/aromatic N) is 1. The molecule has 0 aromatic heterocycles. The average molecular weight is 262 g/mol. The minimum absolute atomic E-state index is 0.0520. The van der Waals surface area contributed by atoms with Gasteiger partial charge in [0.15, 0.2) is 0 Å². The molecule has 2 aliphatic heterocycles. The fourth-order valence-corrected chi connectivity index (χ4v) is 4.32. The van der Waals surface area contributed by atoms with Gasteiger partial charge in [-0.2, -0.15) is 0 Å². The van der Waals surface area contributed by atoms with Gasteiger partial charge in [-0.3, -0.25) is 0 Å². The van der Waals surface area contributed by atoms with E-state index < -0.39 is 10.0 Å². The van der Waals surface area contributed by atoms with Crippen LogP contribution >= 0.6 is 0 Å². The molecule has 2 fully saturated rings. The molecular formula is C11H22N2O3S. The molecule has 100 valence electrons. The predicted octanol–water partition coefficient (Wildman–Crippen LogP) is 0.166. The molecule has 2 saturated heterocycles. The Balaban J connectivity index is 1.97. The van der Waals surface area contributed by atoms with Crippen LogP contribution < -0.4 is 5.73 Å². The third-order valence-corrected chi connectivity index (χ3v) is 5.72. The van der Waals surface area contributed by atoms with Crippen molar-refractivity contribution >= 4 is 10.0 Å². The first-order chi connectivity index (χ1) is 7.95. The quantitative estimate of drug-likeness (QED) is 0.783. The van der Waals surface area contributed by atoms with Crippen LogP contribution in [0.15, 0.2) is 0 Å². The molecule has 0 saturated carbocycles. The van der Waals surface area contributed by atoms with E-state index in [9.17, 15) is 8.42 Å². The van der Waals surface area contributed by atoms with Gasteiger partial charge in [0.2, 0.25) is 10.0 Å². The van der Waals surface area contributed by atoms with Gasteiger partial charge in [0.1, 0.15) is 0 Å². The van der Waals surface area contributed by atoms with Crippen LogP contribution in [0.4, 0.5) is 0 Å². The molecular weight excluding hydrogens is 240 g/mol. The number of rotatable bonds is 4. The van der Waals surface area contributed by atoms with Crippen LogP contribution in [0.1, 0.15) is 26.2 Å². The van der Waals surface area contributed by atoms with Crippen molar-refractivity contribution in [2.45, 2.75) is 32.3 Å². The molecule has 6 heteroatoms. The first kappa shape index (κ1) is 13.3. The lowest BCUT2D eigenvalue weighted by molar-refractivity contribution is 0.126. The molecule has 0 amide bonds.